The van der Waals surface area contributed by atoms with Gasteiger partial charge in [0.05, 0.1) is 0 Å². The zero-order valence-electron chi connectivity index (χ0n) is 11.2. The first-order valence-electron chi connectivity index (χ1n) is 6.32. The minimum Gasteiger partial charge on any atom is -0.478 e. The Morgan fingerprint density at radius 1 is 1.19 bits per heavy atom. The van der Waals surface area contributed by atoms with Crippen molar-refractivity contribution in [2.75, 3.05) is 0 Å². The van der Waals surface area contributed by atoms with E-state index in [1.54, 1.807) is 0 Å². The fourth-order valence-corrected chi connectivity index (χ4v) is 1.75. The molecule has 0 aliphatic carbocycles. The molecule has 16 heavy (non-hydrogen) atoms. The third kappa shape index (κ3) is 6.65. The van der Waals surface area contributed by atoms with Gasteiger partial charge in [0.1, 0.15) is 0 Å². The van der Waals surface area contributed by atoms with Gasteiger partial charge in [0.25, 0.3) is 0 Å². The lowest BCUT2D eigenvalue weighted by molar-refractivity contribution is -0.131. The summed E-state index contributed by atoms with van der Waals surface area (Å²) >= 11 is 0. The molecule has 0 bridgehead atoms. The maximum Gasteiger partial charge on any atom is 0.328 e. The zero-order valence-corrected chi connectivity index (χ0v) is 11.2. The maximum absolute atomic E-state index is 10.6. The second-order valence-electron chi connectivity index (χ2n) is 5.21. The molecule has 1 N–H and O–H groups in total. The van der Waals surface area contributed by atoms with Gasteiger partial charge in [-0.2, -0.15) is 0 Å². The number of carbonyl (C=O) groups is 1. The summed E-state index contributed by atoms with van der Waals surface area (Å²) < 4.78 is 0. The normalized spacial score (nSPS) is 12.9. The summed E-state index contributed by atoms with van der Waals surface area (Å²) in [4.78, 5) is 10.6. The van der Waals surface area contributed by atoms with Crippen molar-refractivity contribution < 1.29 is 9.90 Å². The zero-order chi connectivity index (χ0) is 12.6. The summed E-state index contributed by atoms with van der Waals surface area (Å²) in [5.41, 5.74) is 0.987. The number of unbranched alkanes of at least 4 members (excludes halogenated alkanes) is 4. The maximum atomic E-state index is 10.6. The van der Waals surface area contributed by atoms with Gasteiger partial charge in [-0.15, -0.1) is 0 Å². The highest BCUT2D eigenvalue weighted by molar-refractivity contribution is 5.80. The van der Waals surface area contributed by atoms with Gasteiger partial charge in [-0.25, -0.2) is 4.79 Å². The highest BCUT2D eigenvalue weighted by Crippen LogP contribution is 2.32. The molecule has 0 aromatic rings. The Hall–Kier alpha value is -0.790. The quantitative estimate of drug-likeness (QED) is 0.492. The van der Waals surface area contributed by atoms with E-state index in [1.807, 2.05) is 6.92 Å². The number of rotatable bonds is 8. The molecule has 94 valence electrons. The van der Waals surface area contributed by atoms with Crippen LogP contribution >= 0.6 is 0 Å². The van der Waals surface area contributed by atoms with E-state index in [0.717, 1.165) is 12.0 Å². The Balaban J connectivity index is 3.99. The summed E-state index contributed by atoms with van der Waals surface area (Å²) in [6.07, 6.45) is 8.74. The van der Waals surface area contributed by atoms with Crippen LogP contribution in [0.1, 0.15) is 66.2 Å². The van der Waals surface area contributed by atoms with Crippen LogP contribution in [0, 0.1) is 5.41 Å². The fourth-order valence-electron chi connectivity index (χ4n) is 1.75. The predicted octanol–water partition coefficient (Wildman–Crippen LogP) is 4.40. The average Bonchev–Trinajstić information content (AvgIpc) is 2.16. The van der Waals surface area contributed by atoms with Crippen LogP contribution in [-0.2, 0) is 4.79 Å². The van der Waals surface area contributed by atoms with Crippen molar-refractivity contribution in [2.45, 2.75) is 66.2 Å². The van der Waals surface area contributed by atoms with Crippen molar-refractivity contribution in [1.29, 1.82) is 0 Å². The molecule has 0 saturated carbocycles. The van der Waals surface area contributed by atoms with Crippen molar-refractivity contribution >= 4 is 5.97 Å². The van der Waals surface area contributed by atoms with Crippen molar-refractivity contribution in [2.24, 2.45) is 5.41 Å². The van der Waals surface area contributed by atoms with Crippen LogP contribution in [0.2, 0.25) is 0 Å². The van der Waals surface area contributed by atoms with Crippen LogP contribution in [0.5, 0.6) is 0 Å². The molecule has 0 radical (unpaired) electrons. The lowest BCUT2D eigenvalue weighted by Crippen LogP contribution is -2.14. The molecule has 0 aliphatic rings. The molecule has 0 unspecified atom stereocenters. The number of allylic oxidation sites excluding steroid dienone is 1. The summed E-state index contributed by atoms with van der Waals surface area (Å²) in [5.74, 6) is -0.837. The Labute approximate surface area is 99.7 Å². The number of carboxylic acid groups (broad SMARTS) is 1. The molecular weight excluding hydrogens is 200 g/mol. The first kappa shape index (κ1) is 15.2. The Morgan fingerprint density at radius 3 is 2.25 bits per heavy atom. The van der Waals surface area contributed by atoms with E-state index in [-0.39, 0.29) is 5.41 Å². The summed E-state index contributed by atoms with van der Waals surface area (Å²) in [7, 11) is 0. The molecule has 0 saturated heterocycles. The number of carboxylic acids is 1. The third-order valence-electron chi connectivity index (χ3n) is 3.31. The minimum absolute atomic E-state index is 0.0185. The predicted molar refractivity (Wildman–Crippen MR) is 68.5 cm³/mol. The van der Waals surface area contributed by atoms with Gasteiger partial charge in [0, 0.05) is 6.08 Å². The van der Waals surface area contributed by atoms with Crippen LogP contribution in [-0.4, -0.2) is 11.1 Å². The SMILES string of the molecule is CCCCCCCC(C)(C)/C(C)=C/C(=O)O. The highest BCUT2D eigenvalue weighted by Gasteiger charge is 2.20. The number of hydrogen-bond donors (Lipinski definition) is 1. The Bertz CT molecular complexity index is 239. The molecule has 2 nitrogen and oxygen atoms in total. The molecular formula is C14H26O2. The molecule has 0 aliphatic heterocycles. The molecule has 0 amide bonds. The lowest BCUT2D eigenvalue weighted by Gasteiger charge is -2.25. The van der Waals surface area contributed by atoms with Gasteiger partial charge in [0.15, 0.2) is 0 Å². The summed E-state index contributed by atoms with van der Waals surface area (Å²) in [5, 5.41) is 8.71. The van der Waals surface area contributed by atoms with Gasteiger partial charge < -0.3 is 5.11 Å². The number of aliphatic carboxylic acids is 1. The van der Waals surface area contributed by atoms with Gasteiger partial charge in [-0.05, 0) is 18.8 Å². The highest BCUT2D eigenvalue weighted by atomic mass is 16.4. The first-order chi connectivity index (χ1) is 7.40. The van der Waals surface area contributed by atoms with Crippen LogP contribution in [0.15, 0.2) is 11.6 Å². The van der Waals surface area contributed by atoms with E-state index in [1.165, 1.54) is 38.2 Å². The molecule has 2 heteroatoms. The Kier molecular flexibility index (Phi) is 7.11. The van der Waals surface area contributed by atoms with Crippen LogP contribution in [0.25, 0.3) is 0 Å². The summed E-state index contributed by atoms with van der Waals surface area (Å²) in [6, 6.07) is 0. The molecule has 0 atom stereocenters. The van der Waals surface area contributed by atoms with Crippen LogP contribution in [0.3, 0.4) is 0 Å². The second-order valence-corrected chi connectivity index (χ2v) is 5.21. The molecule has 0 aromatic carbocycles. The minimum atomic E-state index is -0.837. The molecule has 0 spiro atoms. The van der Waals surface area contributed by atoms with Gasteiger partial charge in [-0.3, -0.25) is 0 Å². The van der Waals surface area contributed by atoms with E-state index in [4.69, 9.17) is 5.11 Å². The molecule has 0 fully saturated rings. The van der Waals surface area contributed by atoms with Crippen molar-refractivity contribution in [3.63, 3.8) is 0 Å². The van der Waals surface area contributed by atoms with E-state index >= 15 is 0 Å². The van der Waals surface area contributed by atoms with Gasteiger partial charge in [0.2, 0.25) is 0 Å². The van der Waals surface area contributed by atoms with Crippen molar-refractivity contribution in [3.8, 4) is 0 Å². The molecule has 0 rings (SSSR count). The van der Waals surface area contributed by atoms with Crippen molar-refractivity contribution in [3.05, 3.63) is 11.6 Å². The second kappa shape index (κ2) is 7.48. The number of hydrogen-bond acceptors (Lipinski definition) is 1. The monoisotopic (exact) mass is 226 g/mol. The topological polar surface area (TPSA) is 37.3 Å². The van der Waals surface area contributed by atoms with E-state index in [9.17, 15) is 4.79 Å². The van der Waals surface area contributed by atoms with E-state index < -0.39 is 5.97 Å². The first-order valence-corrected chi connectivity index (χ1v) is 6.32. The summed E-state index contributed by atoms with van der Waals surface area (Å²) in [6.45, 7) is 8.38. The Morgan fingerprint density at radius 2 is 1.75 bits per heavy atom. The standard InChI is InChI=1S/C14H26O2/c1-5-6-7-8-9-10-14(3,4)12(2)11-13(15)16/h11H,5-10H2,1-4H3,(H,15,16)/b12-11+. The lowest BCUT2D eigenvalue weighted by atomic mass is 9.80. The molecule has 0 aromatic heterocycles. The average molecular weight is 226 g/mol. The van der Waals surface area contributed by atoms with Crippen LogP contribution in [0.4, 0.5) is 0 Å². The van der Waals surface area contributed by atoms with Crippen molar-refractivity contribution in [1.82, 2.24) is 0 Å². The third-order valence-corrected chi connectivity index (χ3v) is 3.31. The van der Waals surface area contributed by atoms with Crippen LogP contribution < -0.4 is 0 Å². The van der Waals surface area contributed by atoms with Gasteiger partial charge >= 0.3 is 5.97 Å². The van der Waals surface area contributed by atoms with E-state index in [0.29, 0.717) is 0 Å². The largest absolute Gasteiger partial charge is 0.478 e. The van der Waals surface area contributed by atoms with Gasteiger partial charge in [-0.1, -0.05) is 58.4 Å². The smallest absolute Gasteiger partial charge is 0.328 e. The fraction of sp³-hybridized carbons (Fsp3) is 0.786. The van der Waals surface area contributed by atoms with E-state index in [2.05, 4.69) is 20.8 Å². The molecule has 0 heterocycles.